The number of allylic oxidation sites excluding steroid dienone is 1. The van der Waals surface area contributed by atoms with Crippen LogP contribution in [0.15, 0.2) is 52.3 Å². The van der Waals surface area contributed by atoms with E-state index in [1.54, 1.807) is 6.92 Å². The molecule has 3 aromatic rings. The molecule has 0 aliphatic carbocycles. The number of hydrogen-bond donors (Lipinski definition) is 2. The largest absolute Gasteiger partial charge is 0.494 e. The van der Waals surface area contributed by atoms with Gasteiger partial charge in [-0.05, 0) is 49.5 Å². The first-order valence-corrected chi connectivity index (χ1v) is 9.70. The number of aromatic hydroxyl groups is 1. The Morgan fingerprint density at radius 1 is 1.24 bits per heavy atom. The van der Waals surface area contributed by atoms with Gasteiger partial charge in [-0.15, -0.1) is 0 Å². The zero-order chi connectivity index (χ0) is 24.1. The predicted octanol–water partition coefficient (Wildman–Crippen LogP) is 5.17. The number of alkyl halides is 3. The van der Waals surface area contributed by atoms with Gasteiger partial charge in [-0.3, -0.25) is 29.5 Å². The van der Waals surface area contributed by atoms with E-state index >= 15 is 0 Å². The van der Waals surface area contributed by atoms with Crippen LogP contribution in [0.5, 0.6) is 5.88 Å². The molecule has 12 heteroatoms. The van der Waals surface area contributed by atoms with Crippen molar-refractivity contribution < 1.29 is 23.2 Å². The van der Waals surface area contributed by atoms with Crippen LogP contribution in [-0.2, 0) is 6.18 Å². The third kappa shape index (κ3) is 3.96. The normalized spacial score (nSPS) is 14.3. The van der Waals surface area contributed by atoms with Crippen LogP contribution in [0.3, 0.4) is 0 Å². The lowest BCUT2D eigenvalue weighted by Crippen LogP contribution is -2.17. The minimum Gasteiger partial charge on any atom is -0.494 e. The summed E-state index contributed by atoms with van der Waals surface area (Å²) in [6.07, 6.45) is -3.36. The van der Waals surface area contributed by atoms with Gasteiger partial charge in [-0.1, -0.05) is 6.07 Å². The highest BCUT2D eigenvalue weighted by Crippen LogP contribution is 2.39. The van der Waals surface area contributed by atoms with Gasteiger partial charge >= 0.3 is 6.18 Å². The van der Waals surface area contributed by atoms with Crippen LogP contribution in [0.25, 0.3) is 17.3 Å². The van der Waals surface area contributed by atoms with Crippen LogP contribution in [-0.4, -0.2) is 25.3 Å². The number of nitrogens with one attached hydrogen (secondary N) is 1. The number of nitrogens with zero attached hydrogens (tertiary/aromatic N) is 3. The Hall–Kier alpha value is -4.06. The number of fused-ring (bicyclic) bond motifs is 1. The van der Waals surface area contributed by atoms with Crippen molar-refractivity contribution in [2.24, 2.45) is 4.99 Å². The highest BCUT2D eigenvalue weighted by Gasteiger charge is 2.31. The molecule has 1 aromatic heterocycles. The highest BCUT2D eigenvalue weighted by atomic mass is 32.1. The minimum absolute atomic E-state index is 0.115. The molecule has 0 saturated carbocycles. The molecular formula is C21H13F3N4O4S. The SMILES string of the molecule is CC1=Nc2ccc([N+](=O)[O-])cc2C1=Cc1c(O)n(-c2cccc(C(F)(F)F)c2)c(=S)[nH]c1=O. The summed E-state index contributed by atoms with van der Waals surface area (Å²) in [5, 5.41) is 22.0. The van der Waals surface area contributed by atoms with Crippen LogP contribution >= 0.6 is 12.2 Å². The van der Waals surface area contributed by atoms with Crippen molar-refractivity contribution in [1.82, 2.24) is 9.55 Å². The molecule has 0 saturated heterocycles. The summed E-state index contributed by atoms with van der Waals surface area (Å²) in [6, 6.07) is 8.11. The summed E-state index contributed by atoms with van der Waals surface area (Å²) < 4.78 is 40.0. The number of nitro benzene ring substituents is 1. The second kappa shape index (κ2) is 7.81. The molecule has 168 valence electrons. The average Bonchev–Trinajstić information content (AvgIpc) is 3.04. The zero-order valence-electron chi connectivity index (χ0n) is 16.7. The van der Waals surface area contributed by atoms with E-state index in [4.69, 9.17) is 12.2 Å². The van der Waals surface area contributed by atoms with E-state index in [1.165, 1.54) is 30.3 Å². The van der Waals surface area contributed by atoms with E-state index < -0.39 is 28.1 Å². The molecule has 4 rings (SSSR count). The van der Waals surface area contributed by atoms with Crippen molar-refractivity contribution in [3.05, 3.63) is 84.4 Å². The molecule has 2 aromatic carbocycles. The smallest absolute Gasteiger partial charge is 0.416 e. The fourth-order valence-electron chi connectivity index (χ4n) is 3.44. The molecular weight excluding hydrogens is 461 g/mol. The molecule has 0 atom stereocenters. The van der Waals surface area contributed by atoms with E-state index in [-0.39, 0.29) is 21.7 Å². The lowest BCUT2D eigenvalue weighted by Gasteiger charge is -2.14. The van der Waals surface area contributed by atoms with E-state index in [9.17, 15) is 33.2 Å². The summed E-state index contributed by atoms with van der Waals surface area (Å²) in [6.45, 7) is 1.62. The Balaban J connectivity index is 1.92. The monoisotopic (exact) mass is 474 g/mol. The number of benzene rings is 2. The van der Waals surface area contributed by atoms with Crippen LogP contribution in [0, 0.1) is 14.9 Å². The van der Waals surface area contributed by atoms with Crippen molar-refractivity contribution in [2.75, 3.05) is 0 Å². The maximum Gasteiger partial charge on any atom is 0.416 e. The number of aliphatic imine (C=N–C) groups is 1. The number of aromatic amines is 1. The third-order valence-electron chi connectivity index (χ3n) is 5.00. The summed E-state index contributed by atoms with van der Waals surface area (Å²) >= 11 is 5.07. The van der Waals surface area contributed by atoms with E-state index in [0.717, 1.165) is 22.8 Å². The molecule has 0 amide bonds. The van der Waals surface area contributed by atoms with Gasteiger partial charge < -0.3 is 5.11 Å². The summed E-state index contributed by atoms with van der Waals surface area (Å²) in [5.74, 6) is -0.692. The van der Waals surface area contributed by atoms with Crippen molar-refractivity contribution >= 4 is 41.0 Å². The molecule has 0 unspecified atom stereocenters. The van der Waals surface area contributed by atoms with Crippen LogP contribution in [0.1, 0.15) is 23.6 Å². The van der Waals surface area contributed by atoms with Crippen molar-refractivity contribution in [2.45, 2.75) is 13.1 Å². The number of rotatable bonds is 3. The second-order valence-electron chi connectivity index (χ2n) is 7.09. The lowest BCUT2D eigenvalue weighted by atomic mass is 10.0. The molecule has 2 heterocycles. The molecule has 0 radical (unpaired) electrons. The third-order valence-corrected chi connectivity index (χ3v) is 5.28. The molecule has 1 aliphatic heterocycles. The Kier molecular flexibility index (Phi) is 5.24. The van der Waals surface area contributed by atoms with Gasteiger partial charge in [0, 0.05) is 29.0 Å². The molecule has 0 bridgehead atoms. The van der Waals surface area contributed by atoms with Crippen LogP contribution in [0.2, 0.25) is 0 Å². The highest BCUT2D eigenvalue weighted by molar-refractivity contribution is 7.71. The fraction of sp³-hybridized carbons (Fsp3) is 0.0952. The Labute approximate surface area is 188 Å². The van der Waals surface area contributed by atoms with Crippen molar-refractivity contribution in [3.8, 4) is 11.6 Å². The summed E-state index contributed by atoms with van der Waals surface area (Å²) in [4.78, 5) is 29.8. The van der Waals surface area contributed by atoms with Gasteiger partial charge in [0.05, 0.1) is 21.9 Å². The number of nitro groups is 1. The maximum atomic E-state index is 13.1. The van der Waals surface area contributed by atoms with Gasteiger partial charge in [-0.25, -0.2) is 0 Å². The molecule has 2 N–H and O–H groups in total. The fourth-order valence-corrected chi connectivity index (χ4v) is 3.73. The number of H-pyrrole nitrogens is 1. The number of aromatic nitrogens is 2. The van der Waals surface area contributed by atoms with E-state index in [1.807, 2.05) is 0 Å². The van der Waals surface area contributed by atoms with E-state index in [0.29, 0.717) is 22.5 Å². The minimum atomic E-state index is -4.63. The standard InChI is InChI=1S/C21H13F3N4O4S/c1-10-14(15-8-13(28(31)32)5-6-17(15)25-10)9-16-18(29)26-20(33)27(19(16)30)12-4-2-3-11(7-12)21(22,23)24/h2-9,30H,1H3,(H,26,29,33). The Morgan fingerprint density at radius 2 is 1.97 bits per heavy atom. The predicted molar refractivity (Wildman–Crippen MR) is 118 cm³/mol. The first-order chi connectivity index (χ1) is 15.5. The quantitative estimate of drug-likeness (QED) is 0.309. The Bertz CT molecular complexity index is 1500. The average molecular weight is 474 g/mol. The van der Waals surface area contributed by atoms with Crippen molar-refractivity contribution in [1.29, 1.82) is 0 Å². The van der Waals surface area contributed by atoms with Gasteiger partial charge in [0.15, 0.2) is 4.77 Å². The summed E-state index contributed by atoms with van der Waals surface area (Å²) in [5.41, 5.74) is -0.796. The number of halogens is 3. The zero-order valence-corrected chi connectivity index (χ0v) is 17.5. The molecule has 8 nitrogen and oxygen atoms in total. The number of non-ortho nitro benzene ring substituents is 1. The summed E-state index contributed by atoms with van der Waals surface area (Å²) in [7, 11) is 0. The van der Waals surface area contributed by atoms with Crippen molar-refractivity contribution in [3.63, 3.8) is 0 Å². The lowest BCUT2D eigenvalue weighted by molar-refractivity contribution is -0.384. The Morgan fingerprint density at radius 3 is 2.64 bits per heavy atom. The van der Waals surface area contributed by atoms with Gasteiger partial charge in [0.2, 0.25) is 5.88 Å². The van der Waals surface area contributed by atoms with Gasteiger partial charge in [0.25, 0.3) is 11.2 Å². The topological polar surface area (TPSA) is 114 Å². The molecule has 1 aliphatic rings. The van der Waals surface area contributed by atoms with Crippen LogP contribution < -0.4 is 5.56 Å². The first kappa shape index (κ1) is 22.1. The molecule has 0 spiro atoms. The van der Waals surface area contributed by atoms with Gasteiger partial charge in [-0.2, -0.15) is 13.2 Å². The molecule has 0 fully saturated rings. The maximum absolute atomic E-state index is 13.1. The van der Waals surface area contributed by atoms with Crippen LogP contribution in [0.4, 0.5) is 24.5 Å². The second-order valence-corrected chi connectivity index (χ2v) is 7.48. The van der Waals surface area contributed by atoms with E-state index in [2.05, 4.69) is 9.98 Å². The van der Waals surface area contributed by atoms with Gasteiger partial charge in [0.1, 0.15) is 5.56 Å². The molecule has 33 heavy (non-hydrogen) atoms. The first-order valence-electron chi connectivity index (χ1n) is 9.29. The number of hydrogen-bond acceptors (Lipinski definition) is 6.